The van der Waals surface area contributed by atoms with Crippen LogP contribution in [0.25, 0.3) is 0 Å². The number of hydrogen-bond donors (Lipinski definition) is 1. The number of anilines is 1. The Balaban J connectivity index is 2.83. The summed E-state index contributed by atoms with van der Waals surface area (Å²) in [5.74, 6) is 0.0423. The highest BCUT2D eigenvalue weighted by Crippen LogP contribution is 2.14. The minimum Gasteiger partial charge on any atom is -0.382 e. The third kappa shape index (κ3) is 5.75. The summed E-state index contributed by atoms with van der Waals surface area (Å²) in [4.78, 5) is 14.0. The van der Waals surface area contributed by atoms with Crippen molar-refractivity contribution in [3.05, 3.63) is 29.8 Å². The standard InChI is InChI=1S/C15H24N2O3S/c1-5-17(6-2)15(18)13-8-7-9-14(10-13)16-12(3)11-21(4,19)20/h7-10,12,16H,5-6,11H2,1-4H3. The first kappa shape index (κ1) is 17.5. The topological polar surface area (TPSA) is 66.5 Å². The van der Waals surface area contributed by atoms with Crippen LogP contribution < -0.4 is 5.32 Å². The fourth-order valence-corrected chi connectivity index (χ4v) is 3.21. The zero-order valence-corrected chi connectivity index (χ0v) is 13.9. The molecule has 1 aromatic rings. The number of hydrogen-bond acceptors (Lipinski definition) is 4. The van der Waals surface area contributed by atoms with E-state index in [1.807, 2.05) is 19.9 Å². The zero-order valence-electron chi connectivity index (χ0n) is 13.1. The molecular formula is C15H24N2O3S. The first-order valence-corrected chi connectivity index (χ1v) is 9.16. The number of nitrogens with one attached hydrogen (secondary N) is 1. The number of carbonyl (C=O) groups excluding carboxylic acids is 1. The first-order valence-electron chi connectivity index (χ1n) is 7.10. The SMILES string of the molecule is CCN(CC)C(=O)c1cccc(NC(C)CS(C)(=O)=O)c1. The molecule has 0 spiro atoms. The van der Waals surface area contributed by atoms with Crippen molar-refractivity contribution in [3.8, 4) is 0 Å². The van der Waals surface area contributed by atoms with Crippen LogP contribution in [0.3, 0.4) is 0 Å². The molecule has 6 heteroatoms. The van der Waals surface area contributed by atoms with Crippen molar-refractivity contribution >= 4 is 21.4 Å². The highest BCUT2D eigenvalue weighted by molar-refractivity contribution is 7.90. The molecule has 0 saturated heterocycles. The lowest BCUT2D eigenvalue weighted by Gasteiger charge is -2.20. The average Bonchev–Trinajstić information content (AvgIpc) is 2.38. The van der Waals surface area contributed by atoms with Crippen LogP contribution in [-0.2, 0) is 9.84 Å². The predicted molar refractivity (Wildman–Crippen MR) is 86.5 cm³/mol. The number of carbonyl (C=O) groups is 1. The Morgan fingerprint density at radius 2 is 1.90 bits per heavy atom. The molecule has 1 atom stereocenters. The van der Waals surface area contributed by atoms with Gasteiger partial charge in [0.25, 0.3) is 5.91 Å². The van der Waals surface area contributed by atoms with Gasteiger partial charge in [-0.25, -0.2) is 8.42 Å². The molecule has 1 rings (SSSR count). The number of benzene rings is 1. The number of sulfone groups is 1. The van der Waals surface area contributed by atoms with Crippen molar-refractivity contribution in [1.29, 1.82) is 0 Å². The Morgan fingerprint density at radius 1 is 1.29 bits per heavy atom. The van der Waals surface area contributed by atoms with E-state index in [1.54, 1.807) is 30.0 Å². The van der Waals surface area contributed by atoms with Crippen molar-refractivity contribution < 1.29 is 13.2 Å². The Morgan fingerprint density at radius 3 is 2.43 bits per heavy atom. The Bertz CT molecular complexity index is 580. The van der Waals surface area contributed by atoms with Gasteiger partial charge < -0.3 is 10.2 Å². The molecule has 0 heterocycles. The second-order valence-electron chi connectivity index (χ2n) is 5.20. The molecule has 118 valence electrons. The maximum atomic E-state index is 12.3. The summed E-state index contributed by atoms with van der Waals surface area (Å²) >= 11 is 0. The van der Waals surface area contributed by atoms with Crippen molar-refractivity contribution in [2.45, 2.75) is 26.8 Å². The third-order valence-corrected chi connectivity index (χ3v) is 4.23. The third-order valence-electron chi connectivity index (χ3n) is 3.13. The number of amides is 1. The minimum absolute atomic E-state index is 0.0144. The van der Waals surface area contributed by atoms with Gasteiger partial charge in [-0.3, -0.25) is 4.79 Å². The van der Waals surface area contributed by atoms with Gasteiger partial charge in [0, 0.05) is 36.6 Å². The molecule has 0 aliphatic heterocycles. The van der Waals surface area contributed by atoms with E-state index in [4.69, 9.17) is 0 Å². The molecular weight excluding hydrogens is 288 g/mol. The molecule has 1 N–H and O–H groups in total. The smallest absolute Gasteiger partial charge is 0.253 e. The zero-order chi connectivity index (χ0) is 16.0. The van der Waals surface area contributed by atoms with Crippen molar-refractivity contribution in [3.63, 3.8) is 0 Å². The molecule has 0 radical (unpaired) electrons. The van der Waals surface area contributed by atoms with Crippen LogP contribution in [0.1, 0.15) is 31.1 Å². The first-order chi connectivity index (χ1) is 9.76. The molecule has 1 amide bonds. The van der Waals surface area contributed by atoms with Gasteiger partial charge in [0.1, 0.15) is 9.84 Å². The van der Waals surface area contributed by atoms with Crippen LogP contribution in [0, 0.1) is 0 Å². The van der Waals surface area contributed by atoms with Crippen LogP contribution in [0.4, 0.5) is 5.69 Å². The summed E-state index contributed by atoms with van der Waals surface area (Å²) in [5.41, 5.74) is 1.36. The lowest BCUT2D eigenvalue weighted by atomic mass is 10.1. The average molecular weight is 312 g/mol. The highest BCUT2D eigenvalue weighted by Gasteiger charge is 2.14. The van der Waals surface area contributed by atoms with E-state index in [0.717, 1.165) is 5.69 Å². The highest BCUT2D eigenvalue weighted by atomic mass is 32.2. The van der Waals surface area contributed by atoms with Gasteiger partial charge in [-0.15, -0.1) is 0 Å². The van der Waals surface area contributed by atoms with Crippen LogP contribution in [0.2, 0.25) is 0 Å². The molecule has 0 aliphatic rings. The summed E-state index contributed by atoms with van der Waals surface area (Å²) in [6.07, 6.45) is 1.21. The summed E-state index contributed by atoms with van der Waals surface area (Å²) in [5, 5.41) is 3.12. The van der Waals surface area contributed by atoms with E-state index in [9.17, 15) is 13.2 Å². The molecule has 1 unspecified atom stereocenters. The summed E-state index contributed by atoms with van der Waals surface area (Å²) in [7, 11) is -3.03. The second kappa shape index (κ2) is 7.45. The van der Waals surface area contributed by atoms with Gasteiger partial charge in [0.2, 0.25) is 0 Å². The Hall–Kier alpha value is -1.56. The van der Waals surface area contributed by atoms with Crippen molar-refractivity contribution in [1.82, 2.24) is 4.90 Å². The second-order valence-corrected chi connectivity index (χ2v) is 7.38. The maximum absolute atomic E-state index is 12.3. The van der Waals surface area contributed by atoms with Gasteiger partial charge in [0.05, 0.1) is 5.75 Å². The fraction of sp³-hybridized carbons (Fsp3) is 0.533. The normalized spacial score (nSPS) is 12.8. The molecule has 0 aliphatic carbocycles. The fourth-order valence-electron chi connectivity index (χ4n) is 2.22. The number of rotatable bonds is 7. The van der Waals surface area contributed by atoms with Crippen molar-refractivity contribution in [2.24, 2.45) is 0 Å². The molecule has 0 saturated carbocycles. The van der Waals surface area contributed by atoms with Gasteiger partial charge >= 0.3 is 0 Å². The molecule has 1 aromatic carbocycles. The lowest BCUT2D eigenvalue weighted by molar-refractivity contribution is 0.0773. The molecule has 5 nitrogen and oxygen atoms in total. The lowest BCUT2D eigenvalue weighted by Crippen LogP contribution is -2.30. The van der Waals surface area contributed by atoms with E-state index >= 15 is 0 Å². The van der Waals surface area contributed by atoms with Crippen LogP contribution in [0.5, 0.6) is 0 Å². The van der Waals surface area contributed by atoms with Crippen molar-refractivity contribution in [2.75, 3.05) is 30.4 Å². The van der Waals surface area contributed by atoms with E-state index in [-0.39, 0.29) is 17.7 Å². The largest absolute Gasteiger partial charge is 0.382 e. The van der Waals surface area contributed by atoms with Crippen LogP contribution >= 0.6 is 0 Å². The van der Waals surface area contributed by atoms with Crippen LogP contribution in [0.15, 0.2) is 24.3 Å². The summed E-state index contributed by atoms with van der Waals surface area (Å²) < 4.78 is 22.5. The van der Waals surface area contributed by atoms with Gasteiger partial charge in [0.15, 0.2) is 0 Å². The van der Waals surface area contributed by atoms with E-state index in [0.29, 0.717) is 18.7 Å². The monoisotopic (exact) mass is 312 g/mol. The van der Waals surface area contributed by atoms with Gasteiger partial charge in [-0.05, 0) is 39.0 Å². The Kier molecular flexibility index (Phi) is 6.20. The van der Waals surface area contributed by atoms with Gasteiger partial charge in [-0.1, -0.05) is 6.07 Å². The van der Waals surface area contributed by atoms with E-state index < -0.39 is 9.84 Å². The molecule has 0 bridgehead atoms. The minimum atomic E-state index is -3.03. The number of nitrogens with zero attached hydrogens (tertiary/aromatic N) is 1. The van der Waals surface area contributed by atoms with Crippen LogP contribution in [-0.4, -0.2) is 50.4 Å². The predicted octanol–water partition coefficient (Wildman–Crippen LogP) is 2.01. The van der Waals surface area contributed by atoms with Gasteiger partial charge in [-0.2, -0.15) is 0 Å². The molecule has 0 aromatic heterocycles. The quantitative estimate of drug-likeness (QED) is 0.836. The Labute approximate surface area is 127 Å². The summed E-state index contributed by atoms with van der Waals surface area (Å²) in [6.45, 7) is 7.02. The van der Waals surface area contributed by atoms with E-state index in [2.05, 4.69) is 5.32 Å². The molecule has 0 fully saturated rings. The summed E-state index contributed by atoms with van der Waals surface area (Å²) in [6, 6.07) is 6.95. The van der Waals surface area contributed by atoms with E-state index in [1.165, 1.54) is 6.26 Å². The maximum Gasteiger partial charge on any atom is 0.253 e. The molecule has 21 heavy (non-hydrogen) atoms.